The monoisotopic (exact) mass is 393 g/mol. The van der Waals surface area contributed by atoms with E-state index in [1.54, 1.807) is 12.4 Å². The molecule has 5 heteroatoms. The summed E-state index contributed by atoms with van der Waals surface area (Å²) in [6.07, 6.45) is 4.54. The van der Waals surface area contributed by atoms with Crippen LogP contribution in [-0.4, -0.2) is 22.4 Å². The highest BCUT2D eigenvalue weighted by Gasteiger charge is 2.19. The molecule has 28 heavy (non-hydrogen) atoms. The summed E-state index contributed by atoms with van der Waals surface area (Å²) in [6.45, 7) is 9.04. The molecule has 0 radical (unpaired) electrons. The zero-order chi connectivity index (χ0) is 20.1. The third-order valence-electron chi connectivity index (χ3n) is 4.73. The highest BCUT2D eigenvalue weighted by atomic mass is 32.1. The van der Waals surface area contributed by atoms with E-state index in [-0.39, 0.29) is 5.91 Å². The first kappa shape index (κ1) is 20.2. The smallest absolute Gasteiger partial charge is 0.263 e. The molecule has 2 heterocycles. The Kier molecular flexibility index (Phi) is 6.57. The fourth-order valence-electron chi connectivity index (χ4n) is 3.26. The molecule has 0 saturated carbocycles. The first-order valence-corrected chi connectivity index (χ1v) is 10.5. The van der Waals surface area contributed by atoms with E-state index in [1.165, 1.54) is 22.5 Å². The summed E-state index contributed by atoms with van der Waals surface area (Å²) in [4.78, 5) is 22.2. The highest BCUT2D eigenvalue weighted by Crippen LogP contribution is 2.28. The minimum Gasteiger partial charge on any atom is -0.351 e. The van der Waals surface area contributed by atoms with Gasteiger partial charge in [-0.05, 0) is 43.9 Å². The Hall–Kier alpha value is -2.53. The summed E-state index contributed by atoms with van der Waals surface area (Å²) in [7, 11) is 0. The minimum absolute atomic E-state index is 0.0500. The molecule has 1 N–H and O–H groups in total. The number of aryl methyl sites for hydroxylation is 2. The molecule has 0 spiro atoms. The topological polar surface area (TPSA) is 54.9 Å². The van der Waals surface area contributed by atoms with Gasteiger partial charge in [0.2, 0.25) is 0 Å². The Labute approximate surface area is 171 Å². The zero-order valence-electron chi connectivity index (χ0n) is 16.9. The molecule has 1 atom stereocenters. The van der Waals surface area contributed by atoms with Crippen molar-refractivity contribution in [3.63, 3.8) is 0 Å². The van der Waals surface area contributed by atoms with Crippen LogP contribution in [0.3, 0.4) is 0 Å². The number of rotatable bonds is 7. The van der Waals surface area contributed by atoms with Gasteiger partial charge in [-0.2, -0.15) is 0 Å². The summed E-state index contributed by atoms with van der Waals surface area (Å²) in [6, 6.07) is 12.5. The molecule has 0 fully saturated rings. The van der Waals surface area contributed by atoms with E-state index in [0.29, 0.717) is 23.3 Å². The van der Waals surface area contributed by atoms with Gasteiger partial charge in [-0.15, -0.1) is 11.3 Å². The Balaban J connectivity index is 1.72. The van der Waals surface area contributed by atoms with Crippen molar-refractivity contribution in [2.45, 2.75) is 40.0 Å². The van der Waals surface area contributed by atoms with Crippen molar-refractivity contribution in [2.24, 2.45) is 5.92 Å². The van der Waals surface area contributed by atoms with Crippen LogP contribution < -0.4 is 5.32 Å². The van der Waals surface area contributed by atoms with Gasteiger partial charge in [0, 0.05) is 30.4 Å². The Morgan fingerprint density at radius 3 is 2.54 bits per heavy atom. The van der Waals surface area contributed by atoms with Crippen LogP contribution >= 0.6 is 11.3 Å². The van der Waals surface area contributed by atoms with Gasteiger partial charge in [0.05, 0.1) is 5.69 Å². The number of benzene rings is 1. The van der Waals surface area contributed by atoms with E-state index >= 15 is 0 Å². The van der Waals surface area contributed by atoms with E-state index in [1.807, 2.05) is 19.1 Å². The molecule has 3 aromatic rings. The molecule has 3 rings (SSSR count). The number of nitrogens with zero attached hydrogens (tertiary/aromatic N) is 2. The molecule has 0 aliphatic rings. The second kappa shape index (κ2) is 9.11. The predicted molar refractivity (Wildman–Crippen MR) is 116 cm³/mol. The summed E-state index contributed by atoms with van der Waals surface area (Å²) in [5.74, 6) is 0.812. The van der Waals surface area contributed by atoms with Crippen molar-refractivity contribution in [3.8, 4) is 10.6 Å². The molecule has 0 saturated heterocycles. The molecular formula is C23H27N3OS. The van der Waals surface area contributed by atoms with Crippen molar-refractivity contribution in [1.29, 1.82) is 0 Å². The first-order chi connectivity index (χ1) is 13.4. The van der Waals surface area contributed by atoms with Gasteiger partial charge in [-0.1, -0.05) is 43.7 Å². The maximum atomic E-state index is 12.8. The average molecular weight is 394 g/mol. The predicted octanol–water partition coefficient (Wildman–Crippen LogP) is 5.38. The van der Waals surface area contributed by atoms with Crippen molar-refractivity contribution in [2.75, 3.05) is 6.54 Å². The molecule has 0 aliphatic carbocycles. The summed E-state index contributed by atoms with van der Waals surface area (Å²) in [5.41, 5.74) is 4.22. The largest absolute Gasteiger partial charge is 0.351 e. The molecular weight excluding hydrogens is 366 g/mol. The van der Waals surface area contributed by atoms with Gasteiger partial charge in [-0.3, -0.25) is 9.78 Å². The van der Waals surface area contributed by atoms with Crippen LogP contribution in [0.2, 0.25) is 0 Å². The Morgan fingerprint density at radius 1 is 1.14 bits per heavy atom. The minimum atomic E-state index is -0.0500. The van der Waals surface area contributed by atoms with E-state index in [9.17, 15) is 4.79 Å². The van der Waals surface area contributed by atoms with Crippen LogP contribution in [-0.2, 0) is 0 Å². The molecule has 1 aromatic carbocycles. The molecule has 2 aromatic heterocycles. The number of hydrogen-bond donors (Lipinski definition) is 1. The number of nitrogens with one attached hydrogen (secondary N) is 1. The molecule has 146 valence electrons. The van der Waals surface area contributed by atoms with Crippen molar-refractivity contribution < 1.29 is 4.79 Å². The number of hydrogen-bond acceptors (Lipinski definition) is 4. The van der Waals surface area contributed by atoms with Crippen molar-refractivity contribution >= 4 is 17.2 Å². The van der Waals surface area contributed by atoms with E-state index in [2.05, 4.69) is 60.3 Å². The normalized spacial score (nSPS) is 12.2. The number of carbonyl (C=O) groups is 1. The third-order valence-corrected chi connectivity index (χ3v) is 5.93. The lowest BCUT2D eigenvalue weighted by Gasteiger charge is -2.20. The van der Waals surface area contributed by atoms with Crippen molar-refractivity contribution in [3.05, 3.63) is 70.5 Å². The molecule has 1 unspecified atom stereocenters. The maximum absolute atomic E-state index is 12.8. The molecule has 0 bridgehead atoms. The molecule has 0 aliphatic heterocycles. The zero-order valence-corrected chi connectivity index (χ0v) is 17.7. The SMILES string of the molecule is Cc1ccc(C(CNC(=O)c2sc(-c3cccnc3)nc2C)CC(C)C)cc1. The summed E-state index contributed by atoms with van der Waals surface area (Å²) >= 11 is 1.42. The van der Waals surface area contributed by atoms with Crippen LogP contribution in [0.25, 0.3) is 10.6 Å². The van der Waals surface area contributed by atoms with Gasteiger partial charge in [0.15, 0.2) is 0 Å². The van der Waals surface area contributed by atoms with Crippen LogP contribution in [0.15, 0.2) is 48.8 Å². The van der Waals surface area contributed by atoms with Gasteiger partial charge in [-0.25, -0.2) is 4.98 Å². The first-order valence-electron chi connectivity index (χ1n) is 9.66. The van der Waals surface area contributed by atoms with Gasteiger partial charge in [0.1, 0.15) is 9.88 Å². The summed E-state index contributed by atoms with van der Waals surface area (Å²) in [5, 5.41) is 3.97. The number of carbonyl (C=O) groups excluding carboxylic acids is 1. The standard InChI is InChI=1S/C23H27N3OS/c1-15(2)12-20(18-9-7-16(3)8-10-18)14-25-22(27)21-17(4)26-23(28-21)19-6-5-11-24-13-19/h5-11,13,15,20H,12,14H2,1-4H3,(H,25,27). The second-order valence-electron chi connectivity index (χ2n) is 7.62. The molecule has 1 amide bonds. The third kappa shape index (κ3) is 5.04. The summed E-state index contributed by atoms with van der Waals surface area (Å²) < 4.78 is 0. The lowest BCUT2D eigenvalue weighted by atomic mass is 9.90. The fraction of sp³-hybridized carbons (Fsp3) is 0.348. The lowest BCUT2D eigenvalue weighted by Crippen LogP contribution is -2.29. The quantitative estimate of drug-likeness (QED) is 0.586. The Bertz CT molecular complexity index is 917. The van der Waals surface area contributed by atoms with Crippen molar-refractivity contribution in [1.82, 2.24) is 15.3 Å². The van der Waals surface area contributed by atoms with Gasteiger partial charge >= 0.3 is 0 Å². The molecule has 4 nitrogen and oxygen atoms in total. The maximum Gasteiger partial charge on any atom is 0.263 e. The number of pyridine rings is 1. The number of aromatic nitrogens is 2. The van der Waals surface area contributed by atoms with Gasteiger partial charge in [0.25, 0.3) is 5.91 Å². The van der Waals surface area contributed by atoms with E-state index in [4.69, 9.17) is 0 Å². The van der Waals surface area contributed by atoms with Crippen LogP contribution in [0.1, 0.15) is 52.7 Å². The highest BCUT2D eigenvalue weighted by molar-refractivity contribution is 7.17. The van der Waals surface area contributed by atoms with Crippen LogP contribution in [0.4, 0.5) is 0 Å². The average Bonchev–Trinajstić information content (AvgIpc) is 3.08. The van der Waals surface area contributed by atoms with E-state index in [0.717, 1.165) is 22.7 Å². The Morgan fingerprint density at radius 2 is 1.89 bits per heavy atom. The second-order valence-corrected chi connectivity index (χ2v) is 8.62. The number of thiazole rings is 1. The van der Waals surface area contributed by atoms with Crippen LogP contribution in [0.5, 0.6) is 0 Å². The lowest BCUT2D eigenvalue weighted by molar-refractivity contribution is 0.0953. The van der Waals surface area contributed by atoms with Gasteiger partial charge < -0.3 is 5.32 Å². The number of amides is 1. The van der Waals surface area contributed by atoms with E-state index < -0.39 is 0 Å². The van der Waals surface area contributed by atoms with Crippen LogP contribution in [0, 0.1) is 19.8 Å². The fourth-order valence-corrected chi connectivity index (χ4v) is 4.23.